The number of aromatic hydroxyl groups is 1. The highest BCUT2D eigenvalue weighted by Crippen LogP contribution is 2.29. The molecule has 0 aliphatic heterocycles. The van der Waals surface area contributed by atoms with Gasteiger partial charge >= 0.3 is 0 Å². The van der Waals surface area contributed by atoms with E-state index >= 15 is 0 Å². The largest absolute Gasteiger partial charge is 0.507 e. The Morgan fingerprint density at radius 2 is 1.88 bits per heavy atom. The fourth-order valence-corrected chi connectivity index (χ4v) is 3.10. The van der Waals surface area contributed by atoms with Gasteiger partial charge in [0.2, 0.25) is 4.77 Å². The predicted molar refractivity (Wildman–Crippen MR) is 103 cm³/mol. The Bertz CT molecular complexity index is 1020. The van der Waals surface area contributed by atoms with Gasteiger partial charge in [0, 0.05) is 10.6 Å². The number of nitrogens with zero attached hydrogens (tertiary/aromatic N) is 3. The van der Waals surface area contributed by atoms with Gasteiger partial charge in [-0.3, -0.25) is 0 Å². The first-order chi connectivity index (χ1) is 11.9. The van der Waals surface area contributed by atoms with Gasteiger partial charge in [0.15, 0.2) is 5.82 Å². The SMILES string of the molecule is Cc1cc(/C=N/n2c(-c3ccc(Cl)cc3Cl)n[nH]c2=S)cc(C)c1O. The molecule has 0 amide bonds. The zero-order valence-electron chi connectivity index (χ0n) is 13.4. The second kappa shape index (κ2) is 7.00. The molecule has 1 aromatic heterocycles. The van der Waals surface area contributed by atoms with Crippen LogP contribution in [0.25, 0.3) is 11.4 Å². The van der Waals surface area contributed by atoms with Crippen LogP contribution >= 0.6 is 35.4 Å². The van der Waals surface area contributed by atoms with Crippen LogP contribution in [-0.4, -0.2) is 26.2 Å². The number of phenols is 1. The molecule has 0 radical (unpaired) electrons. The second-order valence-electron chi connectivity index (χ2n) is 5.54. The molecule has 2 aromatic carbocycles. The molecule has 1 heterocycles. The highest BCUT2D eigenvalue weighted by atomic mass is 35.5. The Labute approximate surface area is 159 Å². The third kappa shape index (κ3) is 3.61. The number of phenolic OH excluding ortho intramolecular Hbond substituents is 1. The molecule has 3 aromatic rings. The van der Waals surface area contributed by atoms with Crippen LogP contribution in [0.3, 0.4) is 0 Å². The fraction of sp³-hybridized carbons (Fsp3) is 0.118. The van der Waals surface area contributed by atoms with Crippen molar-refractivity contribution >= 4 is 41.6 Å². The number of nitrogens with one attached hydrogen (secondary N) is 1. The predicted octanol–water partition coefficient (Wildman–Crippen LogP) is 5.12. The van der Waals surface area contributed by atoms with Crippen molar-refractivity contribution in [2.75, 3.05) is 0 Å². The molecule has 2 N–H and O–H groups in total. The average molecular weight is 393 g/mol. The van der Waals surface area contributed by atoms with E-state index in [-0.39, 0.29) is 5.75 Å². The molecule has 0 bridgehead atoms. The minimum absolute atomic E-state index is 0.283. The number of benzene rings is 2. The third-order valence-corrected chi connectivity index (χ3v) is 4.47. The summed E-state index contributed by atoms with van der Waals surface area (Å²) in [6.07, 6.45) is 1.65. The molecule has 0 unspecified atom stereocenters. The van der Waals surface area contributed by atoms with Gasteiger partial charge in [-0.05, 0) is 73.1 Å². The standard InChI is InChI=1S/C17H14Cl2N4OS/c1-9-5-11(6-10(2)15(9)24)8-20-23-16(21-22-17(23)25)13-4-3-12(18)7-14(13)19/h3-8,24H,1-2H3,(H,22,25)/b20-8+. The Morgan fingerprint density at radius 3 is 2.52 bits per heavy atom. The summed E-state index contributed by atoms with van der Waals surface area (Å²) < 4.78 is 1.83. The second-order valence-corrected chi connectivity index (χ2v) is 6.77. The van der Waals surface area contributed by atoms with E-state index in [4.69, 9.17) is 35.4 Å². The quantitative estimate of drug-likeness (QED) is 0.480. The Kier molecular flexibility index (Phi) is 4.94. The number of rotatable bonds is 3. The lowest BCUT2D eigenvalue weighted by Crippen LogP contribution is -1.96. The third-order valence-electron chi connectivity index (χ3n) is 3.66. The molecule has 0 aliphatic rings. The maximum Gasteiger partial charge on any atom is 0.216 e. The summed E-state index contributed by atoms with van der Waals surface area (Å²) in [6, 6.07) is 8.80. The van der Waals surface area contributed by atoms with Crippen LogP contribution < -0.4 is 0 Å². The van der Waals surface area contributed by atoms with Crippen molar-refractivity contribution in [2.24, 2.45) is 5.10 Å². The van der Waals surface area contributed by atoms with Crippen molar-refractivity contribution in [3.05, 3.63) is 61.8 Å². The van der Waals surface area contributed by atoms with Gasteiger partial charge in [0.25, 0.3) is 0 Å². The van der Waals surface area contributed by atoms with Crippen molar-refractivity contribution in [3.63, 3.8) is 0 Å². The van der Waals surface area contributed by atoms with Crippen molar-refractivity contribution in [1.82, 2.24) is 14.9 Å². The Morgan fingerprint density at radius 1 is 1.20 bits per heavy atom. The maximum absolute atomic E-state index is 9.87. The molecule has 128 valence electrons. The number of hydrogen-bond acceptors (Lipinski definition) is 4. The average Bonchev–Trinajstić information content (AvgIpc) is 2.91. The van der Waals surface area contributed by atoms with E-state index in [1.165, 1.54) is 4.68 Å². The maximum atomic E-state index is 9.87. The van der Waals surface area contributed by atoms with Crippen LogP contribution in [0.15, 0.2) is 35.4 Å². The monoisotopic (exact) mass is 392 g/mol. The van der Waals surface area contributed by atoms with Crippen LogP contribution in [0.2, 0.25) is 10.0 Å². The molecular weight excluding hydrogens is 379 g/mol. The van der Waals surface area contributed by atoms with Gasteiger partial charge in [0.05, 0.1) is 11.2 Å². The fourth-order valence-electron chi connectivity index (χ4n) is 2.43. The Balaban J connectivity index is 2.04. The van der Waals surface area contributed by atoms with E-state index in [1.54, 1.807) is 24.4 Å². The molecule has 0 spiro atoms. The van der Waals surface area contributed by atoms with E-state index in [9.17, 15) is 5.11 Å². The lowest BCUT2D eigenvalue weighted by molar-refractivity contribution is 0.467. The van der Waals surface area contributed by atoms with Gasteiger partial charge in [-0.2, -0.15) is 14.9 Å². The molecule has 25 heavy (non-hydrogen) atoms. The number of aromatic nitrogens is 3. The lowest BCUT2D eigenvalue weighted by atomic mass is 10.1. The van der Waals surface area contributed by atoms with Crippen LogP contribution in [0.4, 0.5) is 0 Å². The van der Waals surface area contributed by atoms with Gasteiger partial charge in [0.1, 0.15) is 5.75 Å². The van der Waals surface area contributed by atoms with Crippen molar-refractivity contribution in [1.29, 1.82) is 0 Å². The highest BCUT2D eigenvalue weighted by molar-refractivity contribution is 7.71. The van der Waals surface area contributed by atoms with Crippen molar-refractivity contribution in [3.8, 4) is 17.1 Å². The van der Waals surface area contributed by atoms with Crippen LogP contribution in [0.5, 0.6) is 5.75 Å². The molecule has 0 aliphatic carbocycles. The molecule has 0 atom stereocenters. The van der Waals surface area contributed by atoms with Gasteiger partial charge in [-0.15, -0.1) is 0 Å². The van der Waals surface area contributed by atoms with E-state index in [0.29, 0.717) is 26.2 Å². The summed E-state index contributed by atoms with van der Waals surface area (Å²) in [6.45, 7) is 3.67. The lowest BCUT2D eigenvalue weighted by Gasteiger charge is -2.06. The molecule has 0 saturated carbocycles. The number of aryl methyl sites for hydroxylation is 2. The summed E-state index contributed by atoms with van der Waals surface area (Å²) in [4.78, 5) is 0. The van der Waals surface area contributed by atoms with Crippen molar-refractivity contribution in [2.45, 2.75) is 13.8 Å². The summed E-state index contributed by atoms with van der Waals surface area (Å²) in [5, 5.41) is 22.2. The summed E-state index contributed by atoms with van der Waals surface area (Å²) in [5.41, 5.74) is 3.05. The van der Waals surface area contributed by atoms with E-state index in [0.717, 1.165) is 16.7 Å². The van der Waals surface area contributed by atoms with Gasteiger partial charge in [-0.25, -0.2) is 5.10 Å². The topological polar surface area (TPSA) is 66.2 Å². The molecule has 8 heteroatoms. The minimum atomic E-state index is 0.283. The molecular formula is C17H14Cl2N4OS. The molecule has 0 fully saturated rings. The smallest absolute Gasteiger partial charge is 0.216 e. The number of H-pyrrole nitrogens is 1. The van der Waals surface area contributed by atoms with Crippen LogP contribution in [0, 0.1) is 18.6 Å². The first-order valence-corrected chi connectivity index (χ1v) is 8.50. The first kappa shape index (κ1) is 17.7. The summed E-state index contributed by atoms with van der Waals surface area (Å²) >= 11 is 17.5. The van der Waals surface area contributed by atoms with Gasteiger partial charge in [-0.1, -0.05) is 23.2 Å². The van der Waals surface area contributed by atoms with E-state index in [2.05, 4.69) is 15.3 Å². The van der Waals surface area contributed by atoms with Crippen molar-refractivity contribution < 1.29 is 5.11 Å². The van der Waals surface area contributed by atoms with Crippen LogP contribution in [0.1, 0.15) is 16.7 Å². The summed E-state index contributed by atoms with van der Waals surface area (Å²) in [5.74, 6) is 0.765. The van der Waals surface area contributed by atoms with E-state index < -0.39 is 0 Å². The van der Waals surface area contributed by atoms with Crippen LogP contribution in [-0.2, 0) is 0 Å². The zero-order valence-corrected chi connectivity index (χ0v) is 15.7. The first-order valence-electron chi connectivity index (χ1n) is 7.34. The van der Waals surface area contributed by atoms with E-state index in [1.807, 2.05) is 26.0 Å². The minimum Gasteiger partial charge on any atom is -0.507 e. The molecule has 5 nitrogen and oxygen atoms in total. The molecule has 0 saturated heterocycles. The number of halogens is 2. The van der Waals surface area contributed by atoms with Gasteiger partial charge < -0.3 is 5.11 Å². The Hall–Kier alpha value is -2.15. The normalized spacial score (nSPS) is 11.4. The molecule has 3 rings (SSSR count). The summed E-state index contributed by atoms with van der Waals surface area (Å²) in [7, 11) is 0. The number of aromatic amines is 1. The highest BCUT2D eigenvalue weighted by Gasteiger charge is 2.12. The zero-order chi connectivity index (χ0) is 18.1. The number of hydrogen-bond donors (Lipinski definition) is 2.